The molecule has 1 aliphatic carbocycles. The number of rotatable bonds is 7. The predicted molar refractivity (Wildman–Crippen MR) is 119 cm³/mol. The molecule has 1 saturated carbocycles. The van der Waals surface area contributed by atoms with Crippen molar-refractivity contribution in [3.05, 3.63) is 71.8 Å². The molecule has 0 spiro atoms. The van der Waals surface area contributed by atoms with Crippen LogP contribution < -0.4 is 5.32 Å². The Hall–Kier alpha value is -2.62. The molecule has 0 radical (unpaired) electrons. The summed E-state index contributed by atoms with van der Waals surface area (Å²) in [6, 6.07) is 18.0. The Bertz CT molecular complexity index is 819. The summed E-state index contributed by atoms with van der Waals surface area (Å²) in [6.07, 6.45) is 3.46. The van der Waals surface area contributed by atoms with E-state index in [0.717, 1.165) is 18.4 Å². The molecule has 0 unspecified atom stereocenters. The molecule has 4 nitrogen and oxygen atoms in total. The number of carbonyl (C=O) groups is 2. The van der Waals surface area contributed by atoms with Crippen molar-refractivity contribution in [3.63, 3.8) is 0 Å². The van der Waals surface area contributed by atoms with E-state index in [0.29, 0.717) is 29.7 Å². The summed E-state index contributed by atoms with van der Waals surface area (Å²) in [4.78, 5) is 26.0. The minimum atomic E-state index is -0.717. The molecular formula is C26H33NO3. The van der Waals surface area contributed by atoms with E-state index in [1.807, 2.05) is 48.5 Å². The van der Waals surface area contributed by atoms with Crippen LogP contribution in [-0.4, -0.2) is 24.0 Å². The second-order valence-corrected chi connectivity index (χ2v) is 8.88. The average molecular weight is 408 g/mol. The van der Waals surface area contributed by atoms with Crippen molar-refractivity contribution in [2.45, 2.75) is 58.6 Å². The number of esters is 1. The molecule has 1 N–H and O–H groups in total. The molecule has 0 heterocycles. The van der Waals surface area contributed by atoms with Crippen LogP contribution in [0.25, 0.3) is 0 Å². The molecule has 1 fully saturated rings. The largest absolute Gasteiger partial charge is 0.461 e. The first-order chi connectivity index (χ1) is 14.4. The van der Waals surface area contributed by atoms with Crippen LogP contribution in [0.15, 0.2) is 60.7 Å². The summed E-state index contributed by atoms with van der Waals surface area (Å²) in [5, 5.41) is 2.91. The predicted octanol–water partition coefficient (Wildman–Crippen LogP) is 5.03. The van der Waals surface area contributed by atoms with Crippen molar-refractivity contribution in [2.75, 3.05) is 0 Å². The summed E-state index contributed by atoms with van der Waals surface area (Å²) >= 11 is 0. The number of benzene rings is 2. The van der Waals surface area contributed by atoms with E-state index in [4.69, 9.17) is 4.74 Å². The minimum Gasteiger partial charge on any atom is -0.461 e. The highest BCUT2D eigenvalue weighted by atomic mass is 16.5. The quantitative estimate of drug-likeness (QED) is 0.655. The molecule has 160 valence electrons. The molecule has 0 aliphatic heterocycles. The zero-order valence-corrected chi connectivity index (χ0v) is 18.2. The van der Waals surface area contributed by atoms with Crippen molar-refractivity contribution in [1.29, 1.82) is 0 Å². The fraction of sp³-hybridized carbons (Fsp3) is 0.462. The molecular weight excluding hydrogens is 374 g/mol. The van der Waals surface area contributed by atoms with E-state index in [-0.39, 0.29) is 18.0 Å². The first kappa shape index (κ1) is 22.1. The van der Waals surface area contributed by atoms with Crippen LogP contribution in [-0.2, 0) is 16.0 Å². The Kier molecular flexibility index (Phi) is 7.67. The second-order valence-electron chi connectivity index (χ2n) is 8.88. The third kappa shape index (κ3) is 5.94. The Morgan fingerprint density at radius 1 is 1.00 bits per heavy atom. The summed E-state index contributed by atoms with van der Waals surface area (Å²) in [7, 11) is 0. The van der Waals surface area contributed by atoms with Gasteiger partial charge in [0.15, 0.2) is 0 Å². The number of ether oxygens (including phenoxy) is 1. The van der Waals surface area contributed by atoms with Crippen molar-refractivity contribution < 1.29 is 14.3 Å². The van der Waals surface area contributed by atoms with Gasteiger partial charge in [0.25, 0.3) is 5.91 Å². The molecule has 1 aliphatic rings. The van der Waals surface area contributed by atoms with Crippen molar-refractivity contribution in [1.82, 2.24) is 5.32 Å². The van der Waals surface area contributed by atoms with Crippen LogP contribution in [0.1, 0.15) is 56.0 Å². The molecule has 2 aromatic rings. The van der Waals surface area contributed by atoms with Gasteiger partial charge in [-0.25, -0.2) is 4.79 Å². The van der Waals surface area contributed by atoms with Gasteiger partial charge in [0, 0.05) is 12.0 Å². The first-order valence-corrected chi connectivity index (χ1v) is 11.0. The van der Waals surface area contributed by atoms with Gasteiger partial charge in [-0.1, -0.05) is 75.7 Å². The number of amides is 1. The summed E-state index contributed by atoms with van der Waals surface area (Å²) in [5.41, 5.74) is 1.53. The summed E-state index contributed by atoms with van der Waals surface area (Å²) in [5.74, 6) is 0.775. The lowest BCUT2D eigenvalue weighted by molar-refractivity contribution is -0.158. The van der Waals surface area contributed by atoms with Crippen LogP contribution in [0.5, 0.6) is 0 Å². The van der Waals surface area contributed by atoms with E-state index >= 15 is 0 Å². The standard InChI is InChI=1S/C26H33NO3/c1-18(2)22-15-14-19(3)16-24(22)30-26(29)23(17-20-10-6-4-7-11-20)27-25(28)21-12-8-5-9-13-21/h4-13,18-19,22-24H,14-17H2,1-3H3,(H,27,28)/t19-,22+,23+,24-/m0/s1. The van der Waals surface area contributed by atoms with E-state index in [2.05, 4.69) is 26.1 Å². The highest BCUT2D eigenvalue weighted by Crippen LogP contribution is 2.35. The lowest BCUT2D eigenvalue weighted by Gasteiger charge is -2.37. The van der Waals surface area contributed by atoms with Gasteiger partial charge in [-0.05, 0) is 48.3 Å². The topological polar surface area (TPSA) is 55.4 Å². The molecule has 4 heteroatoms. The molecule has 2 aromatic carbocycles. The molecule has 30 heavy (non-hydrogen) atoms. The van der Waals surface area contributed by atoms with Gasteiger partial charge >= 0.3 is 5.97 Å². The maximum Gasteiger partial charge on any atom is 0.329 e. The van der Waals surface area contributed by atoms with Crippen LogP contribution in [0, 0.1) is 17.8 Å². The average Bonchev–Trinajstić information content (AvgIpc) is 2.74. The fourth-order valence-electron chi connectivity index (χ4n) is 4.36. The normalized spacial score (nSPS) is 22.3. The minimum absolute atomic E-state index is 0.0897. The first-order valence-electron chi connectivity index (χ1n) is 11.0. The lowest BCUT2D eigenvalue weighted by Crippen LogP contribution is -2.46. The smallest absolute Gasteiger partial charge is 0.329 e. The van der Waals surface area contributed by atoms with Crippen LogP contribution in [0.3, 0.4) is 0 Å². The van der Waals surface area contributed by atoms with Gasteiger partial charge in [-0.3, -0.25) is 4.79 Å². The van der Waals surface area contributed by atoms with E-state index in [1.54, 1.807) is 12.1 Å². The van der Waals surface area contributed by atoms with Crippen molar-refractivity contribution >= 4 is 11.9 Å². The second kappa shape index (κ2) is 10.4. The zero-order valence-electron chi connectivity index (χ0n) is 18.2. The highest BCUT2D eigenvalue weighted by Gasteiger charge is 2.35. The Morgan fingerprint density at radius 2 is 1.63 bits per heavy atom. The van der Waals surface area contributed by atoms with Gasteiger partial charge in [0.1, 0.15) is 12.1 Å². The summed E-state index contributed by atoms with van der Waals surface area (Å²) < 4.78 is 6.05. The number of hydrogen-bond donors (Lipinski definition) is 1. The maximum atomic E-state index is 13.2. The van der Waals surface area contributed by atoms with Crippen LogP contribution >= 0.6 is 0 Å². The van der Waals surface area contributed by atoms with Crippen LogP contribution in [0.4, 0.5) is 0 Å². The third-order valence-corrected chi connectivity index (χ3v) is 6.14. The van der Waals surface area contributed by atoms with Crippen LogP contribution in [0.2, 0.25) is 0 Å². The van der Waals surface area contributed by atoms with E-state index < -0.39 is 6.04 Å². The maximum absolute atomic E-state index is 13.2. The number of hydrogen-bond acceptors (Lipinski definition) is 3. The third-order valence-electron chi connectivity index (χ3n) is 6.14. The fourth-order valence-corrected chi connectivity index (χ4v) is 4.36. The van der Waals surface area contributed by atoms with Gasteiger partial charge in [0.05, 0.1) is 0 Å². The molecule has 0 bridgehead atoms. The highest BCUT2D eigenvalue weighted by molar-refractivity contribution is 5.96. The van der Waals surface area contributed by atoms with Gasteiger partial charge in [-0.15, -0.1) is 0 Å². The van der Waals surface area contributed by atoms with Gasteiger partial charge in [0.2, 0.25) is 0 Å². The van der Waals surface area contributed by atoms with Crippen molar-refractivity contribution in [3.8, 4) is 0 Å². The molecule has 4 atom stereocenters. The SMILES string of the molecule is CC(C)[C@H]1CC[C@H](C)C[C@@H]1OC(=O)[C@@H](Cc1ccccc1)NC(=O)c1ccccc1. The number of carbonyl (C=O) groups excluding carboxylic acids is 2. The lowest BCUT2D eigenvalue weighted by atomic mass is 9.75. The Balaban J connectivity index is 1.76. The zero-order chi connectivity index (χ0) is 21.5. The molecule has 3 rings (SSSR count). The molecule has 0 aromatic heterocycles. The Labute approximate surface area is 180 Å². The van der Waals surface area contributed by atoms with Gasteiger partial charge < -0.3 is 10.1 Å². The van der Waals surface area contributed by atoms with E-state index in [1.165, 1.54) is 6.42 Å². The molecule has 1 amide bonds. The molecule has 0 saturated heterocycles. The summed E-state index contributed by atoms with van der Waals surface area (Å²) in [6.45, 7) is 6.61. The van der Waals surface area contributed by atoms with E-state index in [9.17, 15) is 9.59 Å². The van der Waals surface area contributed by atoms with Gasteiger partial charge in [-0.2, -0.15) is 0 Å². The monoisotopic (exact) mass is 407 g/mol. The number of nitrogens with one attached hydrogen (secondary N) is 1. The Morgan fingerprint density at radius 3 is 2.27 bits per heavy atom. The van der Waals surface area contributed by atoms with Crippen molar-refractivity contribution in [2.24, 2.45) is 17.8 Å².